The van der Waals surface area contributed by atoms with E-state index < -0.39 is 5.97 Å². The summed E-state index contributed by atoms with van der Waals surface area (Å²) >= 11 is 0. The Labute approximate surface area is 133 Å². The molecule has 0 aliphatic carbocycles. The van der Waals surface area contributed by atoms with E-state index in [-0.39, 0.29) is 11.7 Å². The number of nitrogens with one attached hydrogen (secondary N) is 1. The smallest absolute Gasteiger partial charge is 0.335 e. The third-order valence-electron chi connectivity index (χ3n) is 4.07. The minimum absolute atomic E-state index is 0.156. The third kappa shape index (κ3) is 2.17. The van der Waals surface area contributed by atoms with E-state index in [1.165, 1.54) is 0 Å². The van der Waals surface area contributed by atoms with E-state index in [0.717, 1.165) is 28.2 Å². The maximum Gasteiger partial charge on any atom is 0.335 e. The van der Waals surface area contributed by atoms with Crippen LogP contribution in [0.3, 0.4) is 0 Å². The highest BCUT2D eigenvalue weighted by Gasteiger charge is 2.26. The second-order valence-electron chi connectivity index (χ2n) is 5.64. The second-order valence-corrected chi connectivity index (χ2v) is 5.64. The molecule has 4 rings (SSSR count). The number of para-hydroxylation sites is 1. The van der Waals surface area contributed by atoms with E-state index >= 15 is 0 Å². The van der Waals surface area contributed by atoms with Crippen molar-refractivity contribution >= 4 is 11.7 Å². The van der Waals surface area contributed by atoms with Crippen LogP contribution in [0.15, 0.2) is 54.6 Å². The highest BCUT2D eigenvalue weighted by molar-refractivity contribution is 5.87. The predicted molar refractivity (Wildman–Crippen MR) is 87.6 cm³/mol. The summed E-state index contributed by atoms with van der Waals surface area (Å²) in [5.74, 6) is -0.922. The monoisotopic (exact) mass is 305 g/mol. The molecular formula is C18H15N3O2. The highest BCUT2D eigenvalue weighted by atomic mass is 16.4. The van der Waals surface area contributed by atoms with Crippen molar-refractivity contribution in [2.75, 3.05) is 5.32 Å². The van der Waals surface area contributed by atoms with Gasteiger partial charge in [-0.3, -0.25) is 0 Å². The van der Waals surface area contributed by atoms with Crippen LogP contribution in [-0.2, 0) is 0 Å². The van der Waals surface area contributed by atoms with Gasteiger partial charge >= 0.3 is 5.97 Å². The first kappa shape index (κ1) is 13.6. The van der Waals surface area contributed by atoms with Gasteiger partial charge in [0.2, 0.25) is 0 Å². The molecule has 1 aromatic heterocycles. The van der Waals surface area contributed by atoms with Crippen molar-refractivity contribution in [1.82, 2.24) is 9.78 Å². The zero-order valence-electron chi connectivity index (χ0n) is 12.5. The molecule has 0 saturated heterocycles. The van der Waals surface area contributed by atoms with Crippen LogP contribution in [0, 0.1) is 6.92 Å². The first-order valence-electron chi connectivity index (χ1n) is 7.39. The molecule has 2 N–H and O–H groups in total. The molecule has 0 amide bonds. The summed E-state index contributed by atoms with van der Waals surface area (Å²) in [6.07, 6.45) is -0.156. The maximum absolute atomic E-state index is 11.0. The van der Waals surface area contributed by atoms with E-state index in [4.69, 9.17) is 5.11 Å². The van der Waals surface area contributed by atoms with Gasteiger partial charge in [0, 0.05) is 11.3 Å². The van der Waals surface area contributed by atoms with E-state index in [2.05, 4.69) is 22.5 Å². The van der Waals surface area contributed by atoms with E-state index in [1.807, 2.05) is 41.9 Å². The van der Waals surface area contributed by atoms with Crippen molar-refractivity contribution in [2.24, 2.45) is 0 Å². The van der Waals surface area contributed by atoms with Crippen LogP contribution >= 0.6 is 0 Å². The minimum atomic E-state index is -0.922. The van der Waals surface area contributed by atoms with Gasteiger partial charge in [0.25, 0.3) is 0 Å². The third-order valence-corrected chi connectivity index (χ3v) is 4.07. The summed E-state index contributed by atoms with van der Waals surface area (Å²) in [6, 6.07) is 17.1. The summed E-state index contributed by atoms with van der Waals surface area (Å²) in [5, 5.41) is 17.1. The fourth-order valence-corrected chi connectivity index (χ4v) is 2.99. The van der Waals surface area contributed by atoms with Gasteiger partial charge in [-0.15, -0.1) is 0 Å². The van der Waals surface area contributed by atoms with Crippen LogP contribution < -0.4 is 5.32 Å². The number of nitrogens with zero attached hydrogens (tertiary/aromatic N) is 2. The summed E-state index contributed by atoms with van der Waals surface area (Å²) in [4.78, 5) is 11.0. The quantitative estimate of drug-likeness (QED) is 0.760. The zero-order chi connectivity index (χ0) is 16.0. The van der Waals surface area contributed by atoms with Crippen molar-refractivity contribution in [2.45, 2.75) is 13.1 Å². The van der Waals surface area contributed by atoms with Gasteiger partial charge in [-0.1, -0.05) is 30.3 Å². The number of carbonyl (C=O) groups is 1. The average molecular weight is 305 g/mol. The predicted octanol–water partition coefficient (Wildman–Crippen LogP) is 3.53. The highest BCUT2D eigenvalue weighted by Crippen LogP contribution is 2.38. The van der Waals surface area contributed by atoms with Gasteiger partial charge in [0.05, 0.1) is 17.0 Å². The van der Waals surface area contributed by atoms with Crippen molar-refractivity contribution in [3.8, 4) is 11.3 Å². The summed E-state index contributed by atoms with van der Waals surface area (Å²) < 4.78 is 1.95. The fraction of sp³-hybridized carbons (Fsp3) is 0.111. The fourth-order valence-electron chi connectivity index (χ4n) is 2.99. The van der Waals surface area contributed by atoms with E-state index in [0.29, 0.717) is 0 Å². The normalized spacial score (nSPS) is 15.4. The molecule has 0 bridgehead atoms. The molecule has 114 valence electrons. The van der Waals surface area contributed by atoms with E-state index in [1.54, 1.807) is 12.1 Å². The SMILES string of the molecule is Cc1cc2n(n1)[C@@H](c1ccc(C(=O)O)cc1)Nc1ccccc1-2. The van der Waals surface area contributed by atoms with E-state index in [9.17, 15) is 4.79 Å². The molecule has 2 heterocycles. The van der Waals surface area contributed by atoms with Crippen molar-refractivity contribution in [3.05, 3.63) is 71.4 Å². The molecule has 1 aliphatic heterocycles. The Bertz CT molecular complexity index is 897. The molecule has 0 fully saturated rings. The number of hydrogen-bond donors (Lipinski definition) is 2. The lowest BCUT2D eigenvalue weighted by molar-refractivity contribution is 0.0697. The second kappa shape index (κ2) is 4.98. The lowest BCUT2D eigenvalue weighted by atomic mass is 10.0. The topological polar surface area (TPSA) is 67.2 Å². The van der Waals surface area contributed by atoms with Crippen LogP contribution in [0.1, 0.15) is 27.8 Å². The number of fused-ring (bicyclic) bond motifs is 3. The molecule has 5 heteroatoms. The molecule has 0 saturated carbocycles. The molecule has 0 radical (unpaired) electrons. The minimum Gasteiger partial charge on any atom is -0.478 e. The molecule has 3 aromatic rings. The molecular weight excluding hydrogens is 290 g/mol. The lowest BCUT2D eigenvalue weighted by Crippen LogP contribution is -2.25. The Morgan fingerprint density at radius 2 is 1.91 bits per heavy atom. The lowest BCUT2D eigenvalue weighted by Gasteiger charge is -2.29. The number of aromatic carboxylic acids is 1. The average Bonchev–Trinajstić information content (AvgIpc) is 2.96. The summed E-state index contributed by atoms with van der Waals surface area (Å²) in [5.41, 5.74) is 5.42. The first-order chi connectivity index (χ1) is 11.1. The number of benzene rings is 2. The number of hydrogen-bond acceptors (Lipinski definition) is 3. The number of rotatable bonds is 2. The molecule has 1 atom stereocenters. The zero-order valence-corrected chi connectivity index (χ0v) is 12.5. The van der Waals surface area contributed by atoms with Crippen LogP contribution in [0.4, 0.5) is 5.69 Å². The number of carboxylic acid groups (broad SMARTS) is 1. The number of aryl methyl sites for hydroxylation is 1. The molecule has 0 unspecified atom stereocenters. The number of aromatic nitrogens is 2. The first-order valence-corrected chi connectivity index (χ1v) is 7.39. The van der Waals surface area contributed by atoms with Gasteiger partial charge in [0.15, 0.2) is 0 Å². The summed E-state index contributed by atoms with van der Waals surface area (Å²) in [6.45, 7) is 1.97. The van der Waals surface area contributed by atoms with Gasteiger partial charge in [-0.05, 0) is 36.8 Å². The van der Waals surface area contributed by atoms with Gasteiger partial charge < -0.3 is 10.4 Å². The van der Waals surface area contributed by atoms with Crippen LogP contribution in [0.2, 0.25) is 0 Å². The Kier molecular flexibility index (Phi) is 2.94. The molecule has 23 heavy (non-hydrogen) atoms. The molecule has 2 aromatic carbocycles. The Balaban J connectivity index is 1.83. The van der Waals surface area contributed by atoms with Crippen molar-refractivity contribution in [3.63, 3.8) is 0 Å². The Morgan fingerprint density at radius 3 is 2.65 bits per heavy atom. The molecule has 5 nitrogen and oxygen atoms in total. The maximum atomic E-state index is 11.0. The van der Waals surface area contributed by atoms with Crippen LogP contribution in [0.25, 0.3) is 11.3 Å². The van der Waals surface area contributed by atoms with Gasteiger partial charge in [0.1, 0.15) is 6.17 Å². The largest absolute Gasteiger partial charge is 0.478 e. The number of anilines is 1. The number of carboxylic acids is 1. The standard InChI is InChI=1S/C18H15N3O2/c1-11-10-16-14-4-2-3-5-15(14)19-17(21(16)20-11)12-6-8-13(9-7-12)18(22)23/h2-10,17,19H,1H3,(H,22,23)/t17-/m0/s1. The Hall–Kier alpha value is -3.08. The summed E-state index contributed by atoms with van der Waals surface area (Å²) in [7, 11) is 0. The van der Waals surface area contributed by atoms with Gasteiger partial charge in [-0.25, -0.2) is 9.48 Å². The van der Waals surface area contributed by atoms with Crippen molar-refractivity contribution in [1.29, 1.82) is 0 Å². The van der Waals surface area contributed by atoms with Gasteiger partial charge in [-0.2, -0.15) is 5.10 Å². The van der Waals surface area contributed by atoms with Crippen molar-refractivity contribution < 1.29 is 9.90 Å². The molecule has 0 spiro atoms. The van der Waals surface area contributed by atoms with Crippen LogP contribution in [0.5, 0.6) is 0 Å². The molecule has 1 aliphatic rings. The van der Waals surface area contributed by atoms with Crippen LogP contribution in [-0.4, -0.2) is 20.9 Å². The Morgan fingerprint density at radius 1 is 1.17 bits per heavy atom.